The molecule has 0 fully saturated rings. The van der Waals surface area contributed by atoms with E-state index in [1.165, 1.54) is 6.42 Å². The third-order valence-electron chi connectivity index (χ3n) is 0.935. The molecule has 0 aromatic carbocycles. The average Bonchev–Trinajstić information content (AvgIpc) is 1.63. The molecule has 0 spiro atoms. The summed E-state index contributed by atoms with van der Waals surface area (Å²) in [5.74, 6) is 0. The predicted octanol–water partition coefficient (Wildman–Crippen LogP) is 2.93. The lowest BCUT2D eigenvalue weighted by molar-refractivity contribution is 0.0588. The molecule has 56 valence electrons. The van der Waals surface area contributed by atoms with E-state index in [2.05, 4.69) is 22.9 Å². The van der Waals surface area contributed by atoms with E-state index in [1.54, 1.807) is 0 Å². The van der Waals surface area contributed by atoms with Crippen LogP contribution in [0.5, 0.6) is 0 Å². The van der Waals surface area contributed by atoms with Crippen molar-refractivity contribution >= 4 is 15.9 Å². The molecule has 0 radical (unpaired) electrons. The molecule has 0 N–H and O–H groups in total. The van der Waals surface area contributed by atoms with Crippen LogP contribution in [0.25, 0.3) is 0 Å². The fourth-order valence-corrected chi connectivity index (χ4v) is 1.48. The first kappa shape index (κ1) is 9.44. The van der Waals surface area contributed by atoms with Crippen LogP contribution >= 0.6 is 15.9 Å². The summed E-state index contributed by atoms with van der Waals surface area (Å²) in [6.45, 7) is 6.24. The van der Waals surface area contributed by atoms with Crippen molar-refractivity contribution < 1.29 is 4.74 Å². The number of hydrogen-bond donors (Lipinski definition) is 0. The number of hydrogen-bond acceptors (Lipinski definition) is 1. The van der Waals surface area contributed by atoms with Gasteiger partial charge in [-0.2, -0.15) is 0 Å². The van der Waals surface area contributed by atoms with Gasteiger partial charge in [-0.3, -0.25) is 0 Å². The zero-order chi connectivity index (χ0) is 7.28. The van der Waals surface area contributed by atoms with E-state index >= 15 is 0 Å². The van der Waals surface area contributed by atoms with E-state index in [9.17, 15) is 0 Å². The van der Waals surface area contributed by atoms with Crippen LogP contribution in [0, 0.1) is 0 Å². The number of halogens is 1. The zero-order valence-corrected chi connectivity index (χ0v) is 7.94. The first-order valence-corrected chi connectivity index (χ1v) is 4.38. The van der Waals surface area contributed by atoms with Gasteiger partial charge in [-0.05, 0) is 20.3 Å². The van der Waals surface area contributed by atoms with Crippen molar-refractivity contribution in [3.05, 3.63) is 0 Å². The minimum Gasteiger partial charge on any atom is -0.364 e. The van der Waals surface area contributed by atoms with Crippen LogP contribution in [0.2, 0.25) is 0 Å². The van der Waals surface area contributed by atoms with Gasteiger partial charge in [0.25, 0.3) is 0 Å². The fourth-order valence-electron chi connectivity index (χ4n) is 0.590. The normalized spacial score (nSPS) is 14.3. The Hall–Kier alpha value is 0.440. The molecule has 0 aliphatic rings. The van der Waals surface area contributed by atoms with Crippen molar-refractivity contribution in [1.29, 1.82) is 0 Å². The highest BCUT2D eigenvalue weighted by Gasteiger charge is 2.03. The molecule has 2 heteroatoms. The lowest BCUT2D eigenvalue weighted by Gasteiger charge is -2.12. The van der Waals surface area contributed by atoms with Gasteiger partial charge < -0.3 is 4.74 Å². The molecule has 0 saturated carbocycles. The maximum Gasteiger partial charge on any atom is 0.112 e. The quantitative estimate of drug-likeness (QED) is 0.626. The summed E-state index contributed by atoms with van der Waals surface area (Å²) >= 11 is 3.42. The maximum atomic E-state index is 5.41. The summed E-state index contributed by atoms with van der Waals surface area (Å²) in [4.78, 5) is 0. The van der Waals surface area contributed by atoms with Gasteiger partial charge in [-0.1, -0.05) is 29.3 Å². The zero-order valence-electron chi connectivity index (χ0n) is 6.36. The van der Waals surface area contributed by atoms with Gasteiger partial charge in [0.1, 0.15) is 5.01 Å². The molecule has 0 heterocycles. The van der Waals surface area contributed by atoms with Crippen LogP contribution in [-0.2, 0) is 4.74 Å². The van der Waals surface area contributed by atoms with E-state index in [1.807, 2.05) is 13.8 Å². The molecular formula is C7H15BrO. The summed E-state index contributed by atoms with van der Waals surface area (Å²) in [6.07, 6.45) is 2.60. The van der Waals surface area contributed by atoms with Crippen molar-refractivity contribution in [2.75, 3.05) is 0 Å². The Bertz CT molecular complexity index is 63.9. The Labute approximate surface area is 65.9 Å². The summed E-state index contributed by atoms with van der Waals surface area (Å²) in [5, 5.41) is 0.252. The Morgan fingerprint density at radius 2 is 2.00 bits per heavy atom. The molecule has 0 aliphatic carbocycles. The van der Waals surface area contributed by atoms with E-state index in [0.717, 1.165) is 6.42 Å². The molecular weight excluding hydrogens is 180 g/mol. The molecule has 1 atom stereocenters. The Balaban J connectivity index is 3.15. The van der Waals surface area contributed by atoms with E-state index in [-0.39, 0.29) is 5.01 Å². The lowest BCUT2D eigenvalue weighted by Crippen LogP contribution is -2.10. The van der Waals surface area contributed by atoms with E-state index in [0.29, 0.717) is 6.10 Å². The third kappa shape index (κ3) is 6.32. The molecule has 1 nitrogen and oxygen atoms in total. The van der Waals surface area contributed by atoms with Crippen LogP contribution in [0.4, 0.5) is 0 Å². The van der Waals surface area contributed by atoms with Crippen LogP contribution in [-0.4, -0.2) is 11.1 Å². The second kappa shape index (κ2) is 5.24. The molecule has 0 aliphatic heterocycles. The van der Waals surface area contributed by atoms with Gasteiger partial charge in [0.05, 0.1) is 6.10 Å². The van der Waals surface area contributed by atoms with Crippen molar-refractivity contribution in [2.24, 2.45) is 0 Å². The molecule has 0 amide bonds. The molecule has 0 bridgehead atoms. The Morgan fingerprint density at radius 3 is 2.33 bits per heavy atom. The van der Waals surface area contributed by atoms with Crippen molar-refractivity contribution in [3.63, 3.8) is 0 Å². The van der Waals surface area contributed by atoms with Crippen molar-refractivity contribution in [3.8, 4) is 0 Å². The maximum absolute atomic E-state index is 5.41. The van der Waals surface area contributed by atoms with Crippen LogP contribution in [0.15, 0.2) is 0 Å². The minimum atomic E-state index is 0.252. The Morgan fingerprint density at radius 1 is 1.44 bits per heavy atom. The summed E-state index contributed by atoms with van der Waals surface area (Å²) in [5.41, 5.74) is 0. The second-order valence-electron chi connectivity index (χ2n) is 2.38. The van der Waals surface area contributed by atoms with Gasteiger partial charge in [0.15, 0.2) is 0 Å². The number of rotatable bonds is 4. The predicted molar refractivity (Wildman–Crippen MR) is 43.8 cm³/mol. The summed E-state index contributed by atoms with van der Waals surface area (Å²) in [6, 6.07) is 0. The highest BCUT2D eigenvalue weighted by molar-refractivity contribution is 9.09. The van der Waals surface area contributed by atoms with Crippen LogP contribution < -0.4 is 0 Å². The number of alkyl halides is 1. The number of ether oxygens (including phenoxy) is 1. The van der Waals surface area contributed by atoms with Crippen molar-refractivity contribution in [2.45, 2.75) is 44.7 Å². The van der Waals surface area contributed by atoms with Gasteiger partial charge >= 0.3 is 0 Å². The summed E-state index contributed by atoms with van der Waals surface area (Å²) in [7, 11) is 0. The minimum absolute atomic E-state index is 0.252. The van der Waals surface area contributed by atoms with Gasteiger partial charge in [0.2, 0.25) is 0 Å². The van der Waals surface area contributed by atoms with Gasteiger partial charge in [-0.15, -0.1) is 0 Å². The Kier molecular flexibility index (Phi) is 5.50. The fraction of sp³-hybridized carbons (Fsp3) is 1.00. The van der Waals surface area contributed by atoms with Gasteiger partial charge in [-0.25, -0.2) is 0 Å². The first-order valence-electron chi connectivity index (χ1n) is 3.46. The smallest absolute Gasteiger partial charge is 0.112 e. The standard InChI is InChI=1S/C7H15BrO/c1-4-5-7(8)9-6(2)3/h6-7H,4-5H2,1-3H3. The lowest BCUT2D eigenvalue weighted by atomic mass is 10.3. The molecule has 0 aromatic rings. The molecule has 9 heavy (non-hydrogen) atoms. The third-order valence-corrected chi connectivity index (χ3v) is 1.61. The molecule has 1 unspecified atom stereocenters. The molecule has 0 rings (SSSR count). The highest BCUT2D eigenvalue weighted by atomic mass is 79.9. The van der Waals surface area contributed by atoms with Crippen LogP contribution in [0.3, 0.4) is 0 Å². The monoisotopic (exact) mass is 194 g/mol. The first-order chi connectivity index (χ1) is 4.16. The molecule has 0 saturated heterocycles. The second-order valence-corrected chi connectivity index (χ2v) is 3.40. The van der Waals surface area contributed by atoms with E-state index in [4.69, 9.17) is 4.74 Å². The SMILES string of the molecule is CCCC(Br)OC(C)C. The topological polar surface area (TPSA) is 9.23 Å². The van der Waals surface area contributed by atoms with E-state index < -0.39 is 0 Å². The summed E-state index contributed by atoms with van der Waals surface area (Å²) < 4.78 is 5.41. The van der Waals surface area contributed by atoms with Gasteiger partial charge in [0, 0.05) is 0 Å². The largest absolute Gasteiger partial charge is 0.364 e. The average molecular weight is 195 g/mol. The van der Waals surface area contributed by atoms with Crippen molar-refractivity contribution in [1.82, 2.24) is 0 Å². The van der Waals surface area contributed by atoms with Crippen LogP contribution in [0.1, 0.15) is 33.6 Å². The highest BCUT2D eigenvalue weighted by Crippen LogP contribution is 2.11. The molecule has 0 aromatic heterocycles.